The lowest BCUT2D eigenvalue weighted by Gasteiger charge is -2.06. The number of nitrogens with one attached hydrogen (secondary N) is 3. The fraction of sp³-hybridized carbons (Fsp3) is 0.0833. The molecular formula is C12H12ClN5O. The molecule has 1 aromatic heterocycles. The van der Waals surface area contributed by atoms with E-state index >= 15 is 0 Å². The van der Waals surface area contributed by atoms with E-state index in [4.69, 9.17) is 11.6 Å². The number of nitrogens with zero attached hydrogens (tertiary/aromatic N) is 2. The number of halogens is 1. The molecular weight excluding hydrogens is 266 g/mol. The number of aromatic amines is 1. The van der Waals surface area contributed by atoms with Crippen molar-refractivity contribution in [2.45, 2.75) is 0 Å². The topological polar surface area (TPSA) is 82.7 Å². The lowest BCUT2D eigenvalue weighted by Crippen LogP contribution is -2.26. The summed E-state index contributed by atoms with van der Waals surface area (Å²) in [4.78, 5) is 21.9. The van der Waals surface area contributed by atoms with Crippen LogP contribution in [0.4, 0.5) is 5.95 Å². The molecule has 0 saturated carbocycles. The minimum Gasteiger partial charge on any atom is -0.290 e. The molecule has 2 aromatic rings. The van der Waals surface area contributed by atoms with Crippen LogP contribution in [0.3, 0.4) is 0 Å². The van der Waals surface area contributed by atoms with Crippen molar-refractivity contribution in [3.63, 3.8) is 0 Å². The van der Waals surface area contributed by atoms with E-state index in [1.807, 2.05) is 0 Å². The highest BCUT2D eigenvalue weighted by atomic mass is 35.5. The van der Waals surface area contributed by atoms with Gasteiger partial charge in [0.1, 0.15) is 5.82 Å². The van der Waals surface area contributed by atoms with Gasteiger partial charge in [0.05, 0.1) is 0 Å². The van der Waals surface area contributed by atoms with E-state index in [0.29, 0.717) is 23.0 Å². The molecule has 2 rings (SSSR count). The van der Waals surface area contributed by atoms with Gasteiger partial charge >= 0.3 is 5.69 Å². The second-order valence-electron chi connectivity index (χ2n) is 3.63. The van der Waals surface area contributed by atoms with Crippen LogP contribution in [0, 0.1) is 0 Å². The van der Waals surface area contributed by atoms with Crippen molar-refractivity contribution in [2.24, 2.45) is 0 Å². The Kier molecular flexibility index (Phi) is 4.27. The van der Waals surface area contributed by atoms with Crippen LogP contribution in [0.25, 0.3) is 11.4 Å². The number of hydrazine groups is 1. The van der Waals surface area contributed by atoms with Crippen LogP contribution in [0.5, 0.6) is 0 Å². The fourth-order valence-electron chi connectivity index (χ4n) is 1.41. The van der Waals surface area contributed by atoms with Crippen LogP contribution in [-0.2, 0) is 0 Å². The van der Waals surface area contributed by atoms with Crippen molar-refractivity contribution in [3.8, 4) is 11.4 Å². The number of rotatable bonds is 5. The molecule has 0 aliphatic carbocycles. The van der Waals surface area contributed by atoms with Crippen molar-refractivity contribution in [1.29, 1.82) is 0 Å². The number of benzene rings is 1. The first kappa shape index (κ1) is 13.3. The van der Waals surface area contributed by atoms with Crippen molar-refractivity contribution in [1.82, 2.24) is 20.4 Å². The van der Waals surface area contributed by atoms with Gasteiger partial charge in [0.25, 0.3) is 0 Å². The smallest absolute Gasteiger partial charge is 0.290 e. The average Bonchev–Trinajstić information content (AvgIpc) is 2.38. The fourth-order valence-corrected chi connectivity index (χ4v) is 1.61. The second-order valence-corrected chi connectivity index (χ2v) is 4.07. The summed E-state index contributed by atoms with van der Waals surface area (Å²) in [5, 5.41) is 0.566. The van der Waals surface area contributed by atoms with Gasteiger partial charge in [-0.1, -0.05) is 29.8 Å². The summed E-state index contributed by atoms with van der Waals surface area (Å²) in [6, 6.07) is 7.03. The highest BCUT2D eigenvalue weighted by Crippen LogP contribution is 2.18. The first-order valence-corrected chi connectivity index (χ1v) is 5.91. The van der Waals surface area contributed by atoms with E-state index in [9.17, 15) is 4.79 Å². The maximum absolute atomic E-state index is 11.5. The number of H-pyrrole nitrogens is 1. The zero-order chi connectivity index (χ0) is 13.7. The van der Waals surface area contributed by atoms with Crippen molar-refractivity contribution < 1.29 is 0 Å². The average molecular weight is 278 g/mol. The highest BCUT2D eigenvalue weighted by Gasteiger charge is 2.05. The molecule has 6 nitrogen and oxygen atoms in total. The summed E-state index contributed by atoms with van der Waals surface area (Å²) in [6.07, 6.45) is 1.66. The third-order valence-electron chi connectivity index (χ3n) is 2.20. The largest absolute Gasteiger partial charge is 0.349 e. The van der Waals surface area contributed by atoms with Crippen molar-refractivity contribution in [2.75, 3.05) is 12.0 Å². The van der Waals surface area contributed by atoms with E-state index in [1.165, 1.54) is 0 Å². The zero-order valence-electron chi connectivity index (χ0n) is 9.98. The minimum absolute atomic E-state index is 0.181. The molecule has 98 valence electrons. The first-order valence-electron chi connectivity index (χ1n) is 5.53. The Hall–Kier alpha value is -2.18. The van der Waals surface area contributed by atoms with Crippen LogP contribution >= 0.6 is 11.6 Å². The number of anilines is 1. The maximum atomic E-state index is 11.5. The number of hydrogen-bond acceptors (Lipinski definition) is 5. The Bertz CT molecular complexity index is 640. The third kappa shape index (κ3) is 3.64. The number of hydrogen-bond donors (Lipinski definition) is 3. The SMILES string of the molecule is C=CCNNc1nc(-c2cccc(Cl)c2)[nH]c(=O)n1. The Morgan fingerprint density at radius 2 is 2.26 bits per heavy atom. The molecule has 0 fully saturated rings. The van der Waals surface area contributed by atoms with Gasteiger partial charge in [0.2, 0.25) is 5.95 Å². The van der Waals surface area contributed by atoms with Gasteiger partial charge in [0, 0.05) is 17.1 Å². The van der Waals surface area contributed by atoms with Gasteiger partial charge in [-0.3, -0.25) is 10.4 Å². The molecule has 3 N–H and O–H groups in total. The summed E-state index contributed by atoms with van der Waals surface area (Å²) in [7, 11) is 0. The monoisotopic (exact) mass is 277 g/mol. The second kappa shape index (κ2) is 6.12. The maximum Gasteiger partial charge on any atom is 0.349 e. The highest BCUT2D eigenvalue weighted by molar-refractivity contribution is 6.30. The summed E-state index contributed by atoms with van der Waals surface area (Å²) < 4.78 is 0. The van der Waals surface area contributed by atoms with E-state index < -0.39 is 5.69 Å². The van der Waals surface area contributed by atoms with Crippen LogP contribution in [0.2, 0.25) is 5.02 Å². The Morgan fingerprint density at radius 1 is 1.42 bits per heavy atom. The van der Waals surface area contributed by atoms with Gasteiger partial charge < -0.3 is 0 Å². The molecule has 0 radical (unpaired) electrons. The standard InChI is InChI=1S/C12H12ClN5O/c1-2-6-14-18-11-15-10(16-12(19)17-11)8-4-3-5-9(13)7-8/h2-5,7,14H,1,6H2,(H2,15,16,17,18,19). The van der Waals surface area contributed by atoms with Gasteiger partial charge in [0.15, 0.2) is 0 Å². The summed E-state index contributed by atoms with van der Waals surface area (Å²) in [5.74, 6) is 0.575. The van der Waals surface area contributed by atoms with Gasteiger partial charge in [-0.2, -0.15) is 9.97 Å². The molecule has 1 aromatic carbocycles. The lowest BCUT2D eigenvalue weighted by atomic mass is 10.2. The van der Waals surface area contributed by atoms with Crippen LogP contribution < -0.4 is 16.5 Å². The normalized spacial score (nSPS) is 10.2. The van der Waals surface area contributed by atoms with Gasteiger partial charge in [-0.25, -0.2) is 10.2 Å². The molecule has 0 bridgehead atoms. The molecule has 0 amide bonds. The molecule has 0 saturated heterocycles. The Morgan fingerprint density at radius 3 is 3.00 bits per heavy atom. The van der Waals surface area contributed by atoms with E-state index in [0.717, 1.165) is 0 Å². The van der Waals surface area contributed by atoms with Gasteiger partial charge in [-0.05, 0) is 12.1 Å². The Labute approximate surface area is 114 Å². The summed E-state index contributed by atoms with van der Waals surface area (Å²) in [5.41, 5.74) is 5.73. The van der Waals surface area contributed by atoms with E-state index in [2.05, 4.69) is 32.4 Å². The minimum atomic E-state index is -0.493. The molecule has 0 spiro atoms. The molecule has 0 aliphatic rings. The first-order chi connectivity index (χ1) is 9.19. The van der Waals surface area contributed by atoms with Crippen LogP contribution in [0.15, 0.2) is 41.7 Å². The van der Waals surface area contributed by atoms with E-state index in [1.54, 1.807) is 30.3 Å². The zero-order valence-corrected chi connectivity index (χ0v) is 10.7. The van der Waals surface area contributed by atoms with Crippen LogP contribution in [-0.4, -0.2) is 21.5 Å². The summed E-state index contributed by atoms with van der Waals surface area (Å²) in [6.45, 7) is 4.07. The lowest BCUT2D eigenvalue weighted by molar-refractivity contribution is 0.854. The quantitative estimate of drug-likeness (QED) is 0.439. The molecule has 0 atom stereocenters. The van der Waals surface area contributed by atoms with Crippen LogP contribution in [0.1, 0.15) is 0 Å². The van der Waals surface area contributed by atoms with Crippen molar-refractivity contribution >= 4 is 17.5 Å². The molecule has 0 aliphatic heterocycles. The molecule has 7 heteroatoms. The third-order valence-corrected chi connectivity index (χ3v) is 2.43. The number of aromatic nitrogens is 3. The predicted molar refractivity (Wildman–Crippen MR) is 74.9 cm³/mol. The molecule has 19 heavy (non-hydrogen) atoms. The van der Waals surface area contributed by atoms with Crippen molar-refractivity contribution in [3.05, 3.63) is 52.4 Å². The molecule has 0 unspecified atom stereocenters. The summed E-state index contributed by atoms with van der Waals surface area (Å²) >= 11 is 5.90. The van der Waals surface area contributed by atoms with E-state index in [-0.39, 0.29) is 5.95 Å². The van der Waals surface area contributed by atoms with Gasteiger partial charge in [-0.15, -0.1) is 6.58 Å². The molecule has 1 heterocycles. The Balaban J connectivity index is 2.31. The predicted octanol–water partition coefficient (Wildman–Crippen LogP) is 1.59.